The van der Waals surface area contributed by atoms with Gasteiger partial charge in [0, 0.05) is 5.75 Å². The summed E-state index contributed by atoms with van der Waals surface area (Å²) in [7, 11) is 2.93. The van der Waals surface area contributed by atoms with Crippen molar-refractivity contribution in [3.05, 3.63) is 29.8 Å². The molecule has 0 fully saturated rings. The molecule has 1 unspecified atom stereocenters. The monoisotopic (exact) mass is 256 g/mol. The van der Waals surface area contributed by atoms with E-state index in [0.717, 1.165) is 5.56 Å². The van der Waals surface area contributed by atoms with Crippen LogP contribution in [0.4, 0.5) is 0 Å². The number of hydrogen-bond donors (Lipinski definition) is 1. The molecule has 0 heterocycles. The molecule has 0 aromatic heterocycles. The van der Waals surface area contributed by atoms with Crippen molar-refractivity contribution in [2.24, 2.45) is 0 Å². The van der Waals surface area contributed by atoms with Gasteiger partial charge in [0.05, 0.1) is 26.1 Å². The molecule has 0 amide bonds. The molecule has 0 aliphatic rings. The molecule has 0 saturated carbocycles. The lowest BCUT2D eigenvalue weighted by molar-refractivity contribution is -0.137. The van der Waals surface area contributed by atoms with Gasteiger partial charge in [-0.05, 0) is 17.7 Å². The fourth-order valence-corrected chi connectivity index (χ4v) is 2.08. The van der Waals surface area contributed by atoms with Gasteiger partial charge in [0.1, 0.15) is 5.75 Å². The first-order valence-electron chi connectivity index (χ1n) is 5.14. The number of aliphatic hydroxyl groups is 1. The van der Waals surface area contributed by atoms with Gasteiger partial charge in [-0.25, -0.2) is 0 Å². The number of rotatable bonds is 6. The maximum atomic E-state index is 10.9. The molecule has 0 spiro atoms. The number of benzene rings is 1. The van der Waals surface area contributed by atoms with Crippen molar-refractivity contribution in [2.45, 2.75) is 6.10 Å². The van der Waals surface area contributed by atoms with E-state index in [1.807, 2.05) is 18.2 Å². The number of carbonyl (C=O) groups is 1. The van der Waals surface area contributed by atoms with E-state index in [1.165, 1.54) is 18.9 Å². The van der Waals surface area contributed by atoms with E-state index in [0.29, 0.717) is 11.5 Å². The van der Waals surface area contributed by atoms with Gasteiger partial charge in [-0.1, -0.05) is 12.1 Å². The summed E-state index contributed by atoms with van der Waals surface area (Å²) in [5, 5.41) is 9.90. The van der Waals surface area contributed by atoms with Crippen LogP contribution in [0.2, 0.25) is 0 Å². The average molecular weight is 256 g/mol. The molecular formula is C12H16O4S. The molecule has 5 heteroatoms. The Hall–Kier alpha value is -1.20. The van der Waals surface area contributed by atoms with Crippen molar-refractivity contribution in [3.63, 3.8) is 0 Å². The number of methoxy groups -OCH3 is 2. The summed E-state index contributed by atoms with van der Waals surface area (Å²) >= 11 is 1.34. The highest BCUT2D eigenvalue weighted by molar-refractivity contribution is 7.99. The summed E-state index contributed by atoms with van der Waals surface area (Å²) in [6, 6.07) is 7.25. The lowest BCUT2D eigenvalue weighted by atomic mass is 10.1. The number of thioether (sulfide) groups is 1. The lowest BCUT2D eigenvalue weighted by Gasteiger charge is -2.11. The Balaban J connectivity index is 2.46. The van der Waals surface area contributed by atoms with E-state index in [4.69, 9.17) is 4.74 Å². The smallest absolute Gasteiger partial charge is 0.315 e. The Morgan fingerprint density at radius 2 is 2.24 bits per heavy atom. The third-order valence-corrected chi connectivity index (χ3v) is 3.19. The number of ether oxygens (including phenoxy) is 2. The summed E-state index contributed by atoms with van der Waals surface area (Å²) in [6.45, 7) is 0. The zero-order chi connectivity index (χ0) is 12.7. The van der Waals surface area contributed by atoms with Gasteiger partial charge in [-0.3, -0.25) is 4.79 Å². The van der Waals surface area contributed by atoms with Gasteiger partial charge in [-0.2, -0.15) is 0 Å². The summed E-state index contributed by atoms with van der Waals surface area (Å²) in [4.78, 5) is 10.9. The molecule has 0 aliphatic heterocycles. The third-order valence-electron chi connectivity index (χ3n) is 2.20. The minimum absolute atomic E-state index is 0.248. The fourth-order valence-electron chi connectivity index (χ4n) is 1.26. The quantitative estimate of drug-likeness (QED) is 0.784. The Morgan fingerprint density at radius 3 is 2.88 bits per heavy atom. The largest absolute Gasteiger partial charge is 0.497 e. The molecule has 0 aliphatic carbocycles. The van der Waals surface area contributed by atoms with Crippen LogP contribution >= 0.6 is 11.8 Å². The molecule has 4 nitrogen and oxygen atoms in total. The van der Waals surface area contributed by atoms with E-state index in [9.17, 15) is 9.90 Å². The first-order valence-corrected chi connectivity index (χ1v) is 6.29. The number of aliphatic hydroxyl groups excluding tert-OH is 1. The molecule has 94 valence electrons. The maximum absolute atomic E-state index is 10.9. The summed E-state index contributed by atoms with van der Waals surface area (Å²) in [5.74, 6) is 1.12. The van der Waals surface area contributed by atoms with Gasteiger partial charge >= 0.3 is 5.97 Å². The number of carbonyl (C=O) groups excluding carboxylic acids is 1. The van der Waals surface area contributed by atoms with Crippen LogP contribution in [0.3, 0.4) is 0 Å². The standard InChI is InChI=1S/C12H16O4S/c1-15-10-5-3-4-9(6-10)11(13)7-17-8-12(14)16-2/h3-6,11,13H,7-8H2,1-2H3. The van der Waals surface area contributed by atoms with Crippen molar-refractivity contribution in [1.82, 2.24) is 0 Å². The second-order valence-electron chi connectivity index (χ2n) is 3.38. The van der Waals surface area contributed by atoms with Crippen LogP contribution in [-0.4, -0.2) is 36.8 Å². The molecule has 1 atom stereocenters. The molecule has 1 aromatic carbocycles. The molecule has 1 N–H and O–H groups in total. The van der Waals surface area contributed by atoms with Gasteiger partial charge in [0.25, 0.3) is 0 Å². The second kappa shape index (κ2) is 7.19. The first kappa shape index (κ1) is 13.9. The van der Waals surface area contributed by atoms with Crippen LogP contribution in [0.1, 0.15) is 11.7 Å². The van der Waals surface area contributed by atoms with Crippen LogP contribution in [0.5, 0.6) is 5.75 Å². The van der Waals surface area contributed by atoms with Crippen LogP contribution in [0.15, 0.2) is 24.3 Å². The lowest BCUT2D eigenvalue weighted by Crippen LogP contribution is -2.07. The van der Waals surface area contributed by atoms with Gasteiger partial charge in [0.2, 0.25) is 0 Å². The summed E-state index contributed by atoms with van der Waals surface area (Å²) in [5.41, 5.74) is 0.779. The highest BCUT2D eigenvalue weighted by Crippen LogP contribution is 2.22. The van der Waals surface area contributed by atoms with Crippen LogP contribution < -0.4 is 4.74 Å². The van der Waals surface area contributed by atoms with Gasteiger partial charge in [0.15, 0.2) is 0 Å². The Kier molecular flexibility index (Phi) is 5.86. The molecular weight excluding hydrogens is 240 g/mol. The predicted octanol–water partition coefficient (Wildman–Crippen LogP) is 1.63. The van der Waals surface area contributed by atoms with Crippen molar-refractivity contribution in [2.75, 3.05) is 25.7 Å². The minimum Gasteiger partial charge on any atom is -0.497 e. The molecule has 1 rings (SSSR count). The van der Waals surface area contributed by atoms with E-state index in [-0.39, 0.29) is 11.7 Å². The Bertz CT molecular complexity index is 367. The first-order chi connectivity index (χ1) is 8.17. The molecule has 0 radical (unpaired) electrons. The number of hydrogen-bond acceptors (Lipinski definition) is 5. The SMILES string of the molecule is COC(=O)CSCC(O)c1cccc(OC)c1. The van der Waals surface area contributed by atoms with E-state index < -0.39 is 6.10 Å². The van der Waals surface area contributed by atoms with Crippen LogP contribution in [-0.2, 0) is 9.53 Å². The van der Waals surface area contributed by atoms with Crippen molar-refractivity contribution in [3.8, 4) is 5.75 Å². The molecule has 17 heavy (non-hydrogen) atoms. The average Bonchev–Trinajstić information content (AvgIpc) is 2.38. The van der Waals surface area contributed by atoms with Crippen LogP contribution in [0.25, 0.3) is 0 Å². The Morgan fingerprint density at radius 1 is 1.47 bits per heavy atom. The number of esters is 1. The van der Waals surface area contributed by atoms with E-state index >= 15 is 0 Å². The van der Waals surface area contributed by atoms with Crippen molar-refractivity contribution >= 4 is 17.7 Å². The van der Waals surface area contributed by atoms with Crippen LogP contribution in [0, 0.1) is 0 Å². The zero-order valence-electron chi connectivity index (χ0n) is 9.88. The summed E-state index contributed by atoms with van der Waals surface area (Å²) in [6.07, 6.45) is -0.611. The molecule has 1 aromatic rings. The highest BCUT2D eigenvalue weighted by atomic mass is 32.2. The normalized spacial score (nSPS) is 11.9. The van der Waals surface area contributed by atoms with Crippen molar-refractivity contribution < 1.29 is 19.4 Å². The van der Waals surface area contributed by atoms with E-state index in [2.05, 4.69) is 4.74 Å². The minimum atomic E-state index is -0.611. The second-order valence-corrected chi connectivity index (χ2v) is 4.41. The molecule has 0 bridgehead atoms. The molecule has 0 saturated heterocycles. The maximum Gasteiger partial charge on any atom is 0.315 e. The summed E-state index contributed by atoms with van der Waals surface area (Å²) < 4.78 is 9.59. The van der Waals surface area contributed by atoms with Gasteiger partial charge < -0.3 is 14.6 Å². The van der Waals surface area contributed by atoms with Crippen molar-refractivity contribution in [1.29, 1.82) is 0 Å². The van der Waals surface area contributed by atoms with Gasteiger partial charge in [-0.15, -0.1) is 11.8 Å². The third kappa shape index (κ3) is 4.66. The topological polar surface area (TPSA) is 55.8 Å². The Labute approximate surface area is 105 Å². The van der Waals surface area contributed by atoms with E-state index in [1.54, 1.807) is 13.2 Å². The predicted molar refractivity (Wildman–Crippen MR) is 67.3 cm³/mol. The zero-order valence-corrected chi connectivity index (χ0v) is 10.7. The fraction of sp³-hybridized carbons (Fsp3) is 0.417. The highest BCUT2D eigenvalue weighted by Gasteiger charge is 2.10.